The van der Waals surface area contributed by atoms with Crippen LogP contribution in [-0.2, 0) is 9.53 Å². The number of carboxylic acid groups (broad SMARTS) is 1. The number of carbonyl (C=O) groups is 2. The normalized spacial score (nSPS) is 13.8. The SMILES string of the molecule is CC(C)(C)OC(=O)NC[C@@H](CCC(=O)O)C(F)(F)F. The molecule has 0 radical (unpaired) electrons. The van der Waals surface area contributed by atoms with Gasteiger partial charge in [-0.15, -0.1) is 0 Å². The number of alkyl carbamates (subject to hydrolysis) is 1. The van der Waals surface area contributed by atoms with Crippen molar-refractivity contribution >= 4 is 12.1 Å². The first-order valence-corrected chi connectivity index (χ1v) is 5.67. The van der Waals surface area contributed by atoms with Crippen LogP contribution in [0.1, 0.15) is 33.6 Å². The van der Waals surface area contributed by atoms with E-state index in [9.17, 15) is 22.8 Å². The average Bonchev–Trinajstić information content (AvgIpc) is 2.11. The molecule has 2 N–H and O–H groups in total. The van der Waals surface area contributed by atoms with Gasteiger partial charge >= 0.3 is 18.2 Å². The molecule has 0 saturated carbocycles. The summed E-state index contributed by atoms with van der Waals surface area (Å²) in [6.07, 6.45) is -6.73. The number of nitrogens with one attached hydrogen (secondary N) is 1. The maximum Gasteiger partial charge on any atom is 0.407 e. The van der Waals surface area contributed by atoms with E-state index in [1.54, 1.807) is 20.8 Å². The first kappa shape index (κ1) is 17.5. The zero-order valence-electron chi connectivity index (χ0n) is 11.0. The fourth-order valence-electron chi connectivity index (χ4n) is 1.20. The maximum absolute atomic E-state index is 12.6. The number of halogens is 3. The summed E-state index contributed by atoms with van der Waals surface area (Å²) in [6.45, 7) is 4.04. The molecule has 8 heteroatoms. The molecule has 1 amide bonds. The number of hydrogen-bond acceptors (Lipinski definition) is 3. The Hall–Kier alpha value is -1.47. The van der Waals surface area contributed by atoms with E-state index >= 15 is 0 Å². The Labute approximate surface area is 109 Å². The highest BCUT2D eigenvalue weighted by molar-refractivity contribution is 5.68. The number of carboxylic acids is 1. The van der Waals surface area contributed by atoms with Crippen molar-refractivity contribution in [2.75, 3.05) is 6.54 Å². The summed E-state index contributed by atoms with van der Waals surface area (Å²) in [5.74, 6) is -3.22. The number of alkyl halides is 3. The summed E-state index contributed by atoms with van der Waals surface area (Å²) >= 11 is 0. The van der Waals surface area contributed by atoms with Crippen LogP contribution in [0.4, 0.5) is 18.0 Å². The highest BCUT2D eigenvalue weighted by atomic mass is 19.4. The van der Waals surface area contributed by atoms with Crippen molar-refractivity contribution in [2.45, 2.75) is 45.4 Å². The molecule has 0 fully saturated rings. The van der Waals surface area contributed by atoms with Gasteiger partial charge in [0.15, 0.2) is 0 Å². The highest BCUT2D eigenvalue weighted by Gasteiger charge is 2.39. The summed E-state index contributed by atoms with van der Waals surface area (Å²) in [7, 11) is 0. The third kappa shape index (κ3) is 9.15. The Morgan fingerprint density at radius 1 is 1.26 bits per heavy atom. The van der Waals surface area contributed by atoms with Gasteiger partial charge in [-0.05, 0) is 27.2 Å². The van der Waals surface area contributed by atoms with Crippen molar-refractivity contribution in [1.82, 2.24) is 5.32 Å². The van der Waals surface area contributed by atoms with Crippen molar-refractivity contribution in [3.63, 3.8) is 0 Å². The van der Waals surface area contributed by atoms with Crippen molar-refractivity contribution in [3.8, 4) is 0 Å². The minimum atomic E-state index is -4.57. The molecular weight excluding hydrogens is 267 g/mol. The Balaban J connectivity index is 4.35. The molecule has 0 saturated heterocycles. The van der Waals surface area contributed by atoms with E-state index in [1.807, 2.05) is 5.32 Å². The van der Waals surface area contributed by atoms with Crippen molar-refractivity contribution in [3.05, 3.63) is 0 Å². The smallest absolute Gasteiger partial charge is 0.407 e. The fourth-order valence-corrected chi connectivity index (χ4v) is 1.20. The molecule has 0 aromatic heterocycles. The summed E-state index contributed by atoms with van der Waals surface area (Å²) in [5, 5.41) is 10.4. The second kappa shape index (κ2) is 6.63. The molecule has 0 spiro atoms. The molecule has 0 aromatic rings. The molecule has 0 aliphatic carbocycles. The lowest BCUT2D eigenvalue weighted by atomic mass is 10.0. The molecule has 0 bridgehead atoms. The Bertz CT molecular complexity index is 323. The molecule has 0 unspecified atom stereocenters. The molecule has 0 aliphatic rings. The Kier molecular flexibility index (Phi) is 6.11. The van der Waals surface area contributed by atoms with Crippen LogP contribution in [0.2, 0.25) is 0 Å². The summed E-state index contributed by atoms with van der Waals surface area (Å²) < 4.78 is 42.5. The van der Waals surface area contributed by atoms with E-state index in [1.165, 1.54) is 0 Å². The van der Waals surface area contributed by atoms with Crippen LogP contribution in [-0.4, -0.2) is 35.5 Å². The van der Waals surface area contributed by atoms with Crippen LogP contribution < -0.4 is 5.32 Å². The second-order valence-electron chi connectivity index (χ2n) is 5.05. The maximum atomic E-state index is 12.6. The summed E-state index contributed by atoms with van der Waals surface area (Å²) in [6, 6.07) is 0. The minimum Gasteiger partial charge on any atom is -0.481 e. The third-order valence-corrected chi connectivity index (χ3v) is 2.06. The fraction of sp³-hybridized carbons (Fsp3) is 0.818. The predicted molar refractivity (Wildman–Crippen MR) is 60.7 cm³/mol. The zero-order valence-corrected chi connectivity index (χ0v) is 11.0. The van der Waals surface area contributed by atoms with Gasteiger partial charge in [0.1, 0.15) is 5.60 Å². The van der Waals surface area contributed by atoms with Crippen LogP contribution in [0, 0.1) is 5.92 Å². The first-order chi connectivity index (χ1) is 8.42. The Morgan fingerprint density at radius 3 is 2.16 bits per heavy atom. The van der Waals surface area contributed by atoms with Crippen LogP contribution in [0.25, 0.3) is 0 Å². The first-order valence-electron chi connectivity index (χ1n) is 5.67. The quantitative estimate of drug-likeness (QED) is 0.814. The van der Waals surface area contributed by atoms with Gasteiger partial charge in [-0.3, -0.25) is 4.79 Å². The summed E-state index contributed by atoms with van der Waals surface area (Å²) in [4.78, 5) is 21.5. The molecule has 0 rings (SSSR count). The van der Waals surface area contributed by atoms with Gasteiger partial charge in [0, 0.05) is 13.0 Å². The summed E-state index contributed by atoms with van der Waals surface area (Å²) in [5.41, 5.74) is -0.807. The molecule has 19 heavy (non-hydrogen) atoms. The highest BCUT2D eigenvalue weighted by Crippen LogP contribution is 2.29. The van der Waals surface area contributed by atoms with E-state index in [2.05, 4.69) is 0 Å². The number of aliphatic carboxylic acids is 1. The van der Waals surface area contributed by atoms with Gasteiger partial charge in [-0.1, -0.05) is 0 Å². The van der Waals surface area contributed by atoms with E-state index in [4.69, 9.17) is 9.84 Å². The monoisotopic (exact) mass is 285 g/mol. The van der Waals surface area contributed by atoms with Crippen LogP contribution in [0.3, 0.4) is 0 Å². The predicted octanol–water partition coefficient (Wildman–Crippen LogP) is 2.55. The van der Waals surface area contributed by atoms with Crippen LogP contribution >= 0.6 is 0 Å². The molecule has 112 valence electrons. The molecule has 0 aliphatic heterocycles. The van der Waals surface area contributed by atoms with Gasteiger partial charge in [-0.2, -0.15) is 13.2 Å². The molecule has 1 atom stereocenters. The largest absolute Gasteiger partial charge is 0.481 e. The number of carbonyl (C=O) groups excluding carboxylic acids is 1. The second-order valence-corrected chi connectivity index (χ2v) is 5.05. The van der Waals surface area contributed by atoms with E-state index < -0.39 is 49.1 Å². The van der Waals surface area contributed by atoms with E-state index in [0.29, 0.717) is 0 Å². The van der Waals surface area contributed by atoms with Gasteiger partial charge in [0.25, 0.3) is 0 Å². The lowest BCUT2D eigenvalue weighted by Crippen LogP contribution is -2.39. The minimum absolute atomic E-state index is 0.589. The van der Waals surface area contributed by atoms with Crippen LogP contribution in [0.5, 0.6) is 0 Å². The molecule has 0 heterocycles. The van der Waals surface area contributed by atoms with Gasteiger partial charge in [0.2, 0.25) is 0 Å². The van der Waals surface area contributed by atoms with Crippen molar-refractivity contribution in [1.29, 1.82) is 0 Å². The van der Waals surface area contributed by atoms with Gasteiger partial charge in [0.05, 0.1) is 5.92 Å². The number of rotatable bonds is 5. The number of amides is 1. The van der Waals surface area contributed by atoms with E-state index in [-0.39, 0.29) is 0 Å². The molecule has 0 aromatic carbocycles. The van der Waals surface area contributed by atoms with Crippen molar-refractivity contribution < 1.29 is 32.6 Å². The zero-order chi connectivity index (χ0) is 15.3. The van der Waals surface area contributed by atoms with Gasteiger partial charge in [-0.25, -0.2) is 4.79 Å². The average molecular weight is 285 g/mol. The van der Waals surface area contributed by atoms with Crippen LogP contribution in [0.15, 0.2) is 0 Å². The van der Waals surface area contributed by atoms with E-state index in [0.717, 1.165) is 0 Å². The lowest BCUT2D eigenvalue weighted by Gasteiger charge is -2.23. The topological polar surface area (TPSA) is 75.6 Å². The standard InChI is InChI=1S/C11H18F3NO4/c1-10(2,3)19-9(18)15-6-7(11(12,13)14)4-5-8(16)17/h7H,4-6H2,1-3H3,(H,15,18)(H,16,17)/t7-/m1/s1. The van der Waals surface area contributed by atoms with Gasteiger partial charge < -0.3 is 15.2 Å². The number of ether oxygens (including phenoxy) is 1. The molecule has 5 nitrogen and oxygen atoms in total. The lowest BCUT2D eigenvalue weighted by molar-refractivity contribution is -0.175. The molecular formula is C11H18F3NO4. The number of hydrogen-bond donors (Lipinski definition) is 2. The van der Waals surface area contributed by atoms with Crippen molar-refractivity contribution in [2.24, 2.45) is 5.92 Å². The third-order valence-electron chi connectivity index (χ3n) is 2.06. The Morgan fingerprint density at radius 2 is 1.79 bits per heavy atom.